The second-order valence-corrected chi connectivity index (χ2v) is 8.59. The zero-order valence-electron chi connectivity index (χ0n) is 18.2. The molecule has 4 rings (SSSR count). The van der Waals surface area contributed by atoms with Gasteiger partial charge in [0.2, 0.25) is 5.91 Å². The van der Waals surface area contributed by atoms with Gasteiger partial charge in [0.1, 0.15) is 11.6 Å². The number of nitrogens with one attached hydrogen (secondary N) is 1. The van der Waals surface area contributed by atoms with Crippen molar-refractivity contribution in [3.63, 3.8) is 0 Å². The Balaban J connectivity index is 1.46. The van der Waals surface area contributed by atoms with E-state index >= 15 is 0 Å². The molecule has 0 aliphatic carbocycles. The molecular formula is C24H28N4O3S. The van der Waals surface area contributed by atoms with Crippen LogP contribution in [0.3, 0.4) is 0 Å². The predicted molar refractivity (Wildman–Crippen MR) is 124 cm³/mol. The maximum absolute atomic E-state index is 12.4. The van der Waals surface area contributed by atoms with Gasteiger partial charge in [-0.05, 0) is 49.1 Å². The van der Waals surface area contributed by atoms with E-state index < -0.39 is 0 Å². The molecule has 7 nitrogen and oxygen atoms in total. The smallest absolute Gasteiger partial charge is 0.230 e. The van der Waals surface area contributed by atoms with Gasteiger partial charge in [0.05, 0.1) is 19.0 Å². The number of benzene rings is 2. The molecule has 1 unspecified atom stereocenters. The molecule has 1 aliphatic heterocycles. The summed E-state index contributed by atoms with van der Waals surface area (Å²) in [6, 6.07) is 18.1. The fraction of sp³-hybridized carbons (Fsp3) is 0.375. The predicted octanol–water partition coefficient (Wildman–Crippen LogP) is 3.45. The van der Waals surface area contributed by atoms with Gasteiger partial charge >= 0.3 is 0 Å². The van der Waals surface area contributed by atoms with Crippen LogP contribution >= 0.6 is 11.8 Å². The molecule has 2 heterocycles. The van der Waals surface area contributed by atoms with Crippen LogP contribution in [0, 0.1) is 0 Å². The molecule has 3 aromatic rings. The van der Waals surface area contributed by atoms with E-state index in [2.05, 4.69) is 27.6 Å². The third-order valence-corrected chi connectivity index (χ3v) is 6.32. The number of aromatic nitrogens is 3. The molecule has 0 spiro atoms. The zero-order chi connectivity index (χ0) is 22.2. The van der Waals surface area contributed by atoms with Gasteiger partial charge in [-0.15, -0.1) is 10.2 Å². The second-order valence-electron chi connectivity index (χ2n) is 7.65. The Labute approximate surface area is 192 Å². The van der Waals surface area contributed by atoms with E-state index in [9.17, 15) is 4.79 Å². The molecule has 1 aromatic heterocycles. The summed E-state index contributed by atoms with van der Waals surface area (Å²) in [5, 5.41) is 12.5. The number of carbonyl (C=O) groups is 1. The van der Waals surface area contributed by atoms with Gasteiger partial charge in [-0.2, -0.15) is 0 Å². The minimum absolute atomic E-state index is 0.0272. The number of amides is 1. The highest BCUT2D eigenvalue weighted by Gasteiger charge is 2.18. The first kappa shape index (κ1) is 22.4. The number of carbonyl (C=O) groups excluding carboxylic acids is 1. The normalized spacial score (nSPS) is 15.6. The van der Waals surface area contributed by atoms with Gasteiger partial charge in [-0.3, -0.25) is 9.36 Å². The van der Waals surface area contributed by atoms with Crippen molar-refractivity contribution in [3.8, 4) is 11.4 Å². The van der Waals surface area contributed by atoms with Crippen molar-refractivity contribution >= 4 is 17.7 Å². The van der Waals surface area contributed by atoms with E-state index in [-0.39, 0.29) is 17.8 Å². The number of rotatable bonds is 10. The zero-order valence-corrected chi connectivity index (χ0v) is 19.0. The van der Waals surface area contributed by atoms with Crippen LogP contribution in [0.5, 0.6) is 5.75 Å². The molecule has 8 heteroatoms. The molecule has 1 saturated heterocycles. The SMILES string of the molecule is COc1ccc(-n2c(CCc3ccccc3)nnc2SCC(=O)NCC2CCCO2)cc1. The Bertz CT molecular complexity index is 1000. The van der Waals surface area contributed by atoms with Gasteiger partial charge in [-0.25, -0.2) is 0 Å². The van der Waals surface area contributed by atoms with E-state index in [0.29, 0.717) is 11.7 Å². The first-order valence-corrected chi connectivity index (χ1v) is 11.9. The number of hydrogen-bond acceptors (Lipinski definition) is 6. The summed E-state index contributed by atoms with van der Waals surface area (Å²) in [6.07, 6.45) is 3.81. The minimum atomic E-state index is -0.0272. The van der Waals surface area contributed by atoms with Crippen LogP contribution in [0.25, 0.3) is 5.69 Å². The second kappa shape index (κ2) is 11.2. The fourth-order valence-electron chi connectivity index (χ4n) is 3.66. The highest BCUT2D eigenvalue weighted by atomic mass is 32.2. The lowest BCUT2D eigenvalue weighted by atomic mass is 10.1. The van der Waals surface area contributed by atoms with Gasteiger partial charge in [0, 0.05) is 25.3 Å². The highest BCUT2D eigenvalue weighted by molar-refractivity contribution is 7.99. The van der Waals surface area contributed by atoms with Gasteiger partial charge in [-0.1, -0.05) is 42.1 Å². The molecule has 1 fully saturated rings. The minimum Gasteiger partial charge on any atom is -0.497 e. The maximum Gasteiger partial charge on any atom is 0.230 e. The number of methoxy groups -OCH3 is 1. The van der Waals surface area contributed by atoms with Crippen LogP contribution in [0.15, 0.2) is 59.8 Å². The van der Waals surface area contributed by atoms with E-state index in [1.54, 1.807) is 7.11 Å². The molecule has 1 aliphatic rings. The summed E-state index contributed by atoms with van der Waals surface area (Å²) in [5.74, 6) is 1.90. The van der Waals surface area contributed by atoms with Crippen LogP contribution in [0.1, 0.15) is 24.2 Å². The molecule has 2 aromatic carbocycles. The molecule has 1 atom stereocenters. The Morgan fingerprint density at radius 3 is 2.69 bits per heavy atom. The Kier molecular flexibility index (Phi) is 7.79. The number of nitrogens with zero attached hydrogens (tertiary/aromatic N) is 3. The van der Waals surface area contributed by atoms with Crippen molar-refractivity contribution in [1.82, 2.24) is 20.1 Å². The third kappa shape index (κ3) is 5.89. The van der Waals surface area contributed by atoms with Crippen molar-refractivity contribution in [2.45, 2.75) is 36.9 Å². The Hall–Kier alpha value is -2.84. The average molecular weight is 453 g/mol. The van der Waals surface area contributed by atoms with Crippen molar-refractivity contribution in [2.24, 2.45) is 0 Å². The molecule has 1 amide bonds. The molecule has 0 saturated carbocycles. The topological polar surface area (TPSA) is 78.3 Å². The summed E-state index contributed by atoms with van der Waals surface area (Å²) in [6.45, 7) is 1.35. The lowest BCUT2D eigenvalue weighted by Gasteiger charge is -2.12. The first-order valence-electron chi connectivity index (χ1n) is 10.9. The summed E-state index contributed by atoms with van der Waals surface area (Å²) in [7, 11) is 1.65. The van der Waals surface area contributed by atoms with Crippen LogP contribution in [0.2, 0.25) is 0 Å². The van der Waals surface area contributed by atoms with E-state index in [1.165, 1.54) is 17.3 Å². The molecule has 0 bridgehead atoms. The van der Waals surface area contributed by atoms with Gasteiger partial charge < -0.3 is 14.8 Å². The van der Waals surface area contributed by atoms with Crippen molar-refractivity contribution < 1.29 is 14.3 Å². The van der Waals surface area contributed by atoms with Crippen molar-refractivity contribution in [3.05, 3.63) is 66.0 Å². The first-order chi connectivity index (χ1) is 15.7. The number of hydrogen-bond donors (Lipinski definition) is 1. The molecular weight excluding hydrogens is 424 g/mol. The van der Waals surface area contributed by atoms with Gasteiger partial charge in [0.25, 0.3) is 0 Å². The average Bonchev–Trinajstić information content (AvgIpc) is 3.51. The number of aryl methyl sites for hydroxylation is 2. The molecule has 1 N–H and O–H groups in total. The lowest BCUT2D eigenvalue weighted by Crippen LogP contribution is -2.32. The maximum atomic E-state index is 12.4. The Morgan fingerprint density at radius 1 is 1.16 bits per heavy atom. The largest absolute Gasteiger partial charge is 0.497 e. The van der Waals surface area contributed by atoms with Crippen LogP contribution in [-0.2, 0) is 22.4 Å². The lowest BCUT2D eigenvalue weighted by molar-refractivity contribution is -0.119. The number of thioether (sulfide) groups is 1. The molecule has 32 heavy (non-hydrogen) atoms. The summed E-state index contributed by atoms with van der Waals surface area (Å²) < 4.78 is 12.9. The Morgan fingerprint density at radius 2 is 1.97 bits per heavy atom. The van der Waals surface area contributed by atoms with Gasteiger partial charge in [0.15, 0.2) is 5.16 Å². The van der Waals surface area contributed by atoms with E-state index in [1.807, 2.05) is 47.0 Å². The van der Waals surface area contributed by atoms with Crippen LogP contribution < -0.4 is 10.1 Å². The summed E-state index contributed by atoms with van der Waals surface area (Å²) in [5.41, 5.74) is 2.20. The van der Waals surface area contributed by atoms with Crippen molar-refractivity contribution in [1.29, 1.82) is 0 Å². The monoisotopic (exact) mass is 452 g/mol. The summed E-state index contributed by atoms with van der Waals surface area (Å²) in [4.78, 5) is 12.4. The quantitative estimate of drug-likeness (QED) is 0.475. The van der Waals surface area contributed by atoms with Crippen LogP contribution in [0.4, 0.5) is 0 Å². The van der Waals surface area contributed by atoms with E-state index in [0.717, 1.165) is 49.6 Å². The van der Waals surface area contributed by atoms with Crippen LogP contribution in [-0.4, -0.2) is 52.8 Å². The highest BCUT2D eigenvalue weighted by Crippen LogP contribution is 2.24. The van der Waals surface area contributed by atoms with Crippen molar-refractivity contribution in [2.75, 3.05) is 26.0 Å². The summed E-state index contributed by atoms with van der Waals surface area (Å²) >= 11 is 1.39. The molecule has 168 valence electrons. The standard InChI is InChI=1S/C24H28N4O3S/c1-30-20-12-10-19(11-13-20)28-22(14-9-18-6-3-2-4-7-18)26-27-24(28)32-17-23(29)25-16-21-8-5-15-31-21/h2-4,6-7,10-13,21H,5,8-9,14-17H2,1H3,(H,25,29). The fourth-order valence-corrected chi connectivity index (χ4v) is 4.46. The molecule has 0 radical (unpaired) electrons. The number of ether oxygens (including phenoxy) is 2. The van der Waals surface area contributed by atoms with E-state index in [4.69, 9.17) is 9.47 Å². The third-order valence-electron chi connectivity index (χ3n) is 5.39.